The van der Waals surface area contributed by atoms with E-state index in [2.05, 4.69) is 49.0 Å². The van der Waals surface area contributed by atoms with Crippen LogP contribution in [0.3, 0.4) is 0 Å². The lowest BCUT2D eigenvalue weighted by Crippen LogP contribution is -2.38. The van der Waals surface area contributed by atoms with Crippen LogP contribution in [0.4, 0.5) is 0 Å². The molecule has 1 aromatic rings. The lowest BCUT2D eigenvalue weighted by atomic mass is 10.0. The Bertz CT molecular complexity index is 411. The Balaban J connectivity index is 1.94. The fourth-order valence-corrected chi connectivity index (χ4v) is 2.93. The third-order valence-corrected chi connectivity index (χ3v) is 3.95. The van der Waals surface area contributed by atoms with Gasteiger partial charge in [0, 0.05) is 18.8 Å². The normalized spacial score (nSPS) is 18.4. The maximum Gasteiger partial charge on any atom is 0.0774 e. The molecule has 0 aliphatic heterocycles. The van der Waals surface area contributed by atoms with E-state index >= 15 is 0 Å². The molecule has 0 aromatic carbocycles. The van der Waals surface area contributed by atoms with Gasteiger partial charge in [0.2, 0.25) is 0 Å². The van der Waals surface area contributed by atoms with Gasteiger partial charge in [-0.2, -0.15) is 0 Å². The number of nitrogens with zero attached hydrogens (tertiary/aromatic N) is 2. The van der Waals surface area contributed by atoms with Crippen molar-refractivity contribution in [2.75, 3.05) is 13.6 Å². The lowest BCUT2D eigenvalue weighted by Gasteiger charge is -2.28. The highest BCUT2D eigenvalue weighted by molar-refractivity contribution is 5.13. The lowest BCUT2D eigenvalue weighted by molar-refractivity contribution is 0.0142. The standard InChI is InChI=1S/C16H26N2O/c1-13(2)15-8-6-7-14(17-15)11-18(3)12-16(19)9-4-5-10-16/h6-8,13,19H,4-5,9-12H2,1-3H3. The summed E-state index contributed by atoms with van der Waals surface area (Å²) >= 11 is 0. The van der Waals surface area contributed by atoms with Crippen LogP contribution in [-0.2, 0) is 6.54 Å². The third kappa shape index (κ3) is 4.02. The molecule has 0 bridgehead atoms. The van der Waals surface area contributed by atoms with Crippen LogP contribution < -0.4 is 0 Å². The summed E-state index contributed by atoms with van der Waals surface area (Å²) in [7, 11) is 2.07. The molecule has 3 heteroatoms. The number of aromatic nitrogens is 1. The molecule has 1 fully saturated rings. The summed E-state index contributed by atoms with van der Waals surface area (Å²) in [6.45, 7) is 5.89. The SMILES string of the molecule is CC(C)c1cccc(CN(C)CC2(O)CCCC2)n1. The summed E-state index contributed by atoms with van der Waals surface area (Å²) in [5.41, 5.74) is 1.77. The summed E-state index contributed by atoms with van der Waals surface area (Å²) < 4.78 is 0. The van der Waals surface area contributed by atoms with Crippen molar-refractivity contribution in [3.05, 3.63) is 29.6 Å². The van der Waals surface area contributed by atoms with Gasteiger partial charge in [-0.15, -0.1) is 0 Å². The Kier molecular flexibility index (Phi) is 4.58. The van der Waals surface area contributed by atoms with Gasteiger partial charge in [-0.25, -0.2) is 0 Å². The molecule has 0 radical (unpaired) electrons. The van der Waals surface area contributed by atoms with E-state index in [1.807, 2.05) is 0 Å². The molecule has 3 nitrogen and oxygen atoms in total. The van der Waals surface area contributed by atoms with E-state index in [1.54, 1.807) is 0 Å². The first-order valence-corrected chi connectivity index (χ1v) is 7.35. The molecule has 1 aliphatic rings. The van der Waals surface area contributed by atoms with Gasteiger partial charge < -0.3 is 5.11 Å². The van der Waals surface area contributed by atoms with Crippen molar-refractivity contribution < 1.29 is 5.11 Å². The Hall–Kier alpha value is -0.930. The average Bonchev–Trinajstić information content (AvgIpc) is 2.75. The molecule has 0 amide bonds. The second-order valence-electron chi connectivity index (χ2n) is 6.31. The number of hydrogen-bond donors (Lipinski definition) is 1. The molecule has 0 spiro atoms. The third-order valence-electron chi connectivity index (χ3n) is 3.95. The van der Waals surface area contributed by atoms with Crippen molar-refractivity contribution in [2.24, 2.45) is 0 Å². The zero-order valence-corrected chi connectivity index (χ0v) is 12.4. The van der Waals surface area contributed by atoms with Crippen LogP contribution >= 0.6 is 0 Å². The zero-order chi connectivity index (χ0) is 13.9. The molecule has 0 saturated heterocycles. The van der Waals surface area contributed by atoms with Gasteiger partial charge in [0.1, 0.15) is 0 Å². The van der Waals surface area contributed by atoms with Crippen molar-refractivity contribution in [3.8, 4) is 0 Å². The maximum atomic E-state index is 10.4. The first-order valence-electron chi connectivity index (χ1n) is 7.35. The number of likely N-dealkylation sites (N-methyl/N-ethyl adjacent to an activating group) is 1. The van der Waals surface area contributed by atoms with Gasteiger partial charge in [0.25, 0.3) is 0 Å². The molecule has 106 valence electrons. The predicted octanol–water partition coefficient (Wildman–Crippen LogP) is 2.94. The van der Waals surface area contributed by atoms with Gasteiger partial charge in [0.15, 0.2) is 0 Å². The summed E-state index contributed by atoms with van der Waals surface area (Å²) in [5, 5.41) is 10.4. The van der Waals surface area contributed by atoms with Crippen LogP contribution in [0, 0.1) is 0 Å². The molecule has 1 N–H and O–H groups in total. The van der Waals surface area contributed by atoms with E-state index in [0.717, 1.165) is 50.2 Å². The molecular weight excluding hydrogens is 236 g/mol. The van der Waals surface area contributed by atoms with E-state index < -0.39 is 5.60 Å². The average molecular weight is 262 g/mol. The summed E-state index contributed by atoms with van der Waals surface area (Å²) in [6, 6.07) is 6.23. The largest absolute Gasteiger partial charge is 0.389 e. The topological polar surface area (TPSA) is 36.4 Å². The fourth-order valence-electron chi connectivity index (χ4n) is 2.93. The minimum Gasteiger partial charge on any atom is -0.389 e. The highest BCUT2D eigenvalue weighted by atomic mass is 16.3. The quantitative estimate of drug-likeness (QED) is 0.886. The summed E-state index contributed by atoms with van der Waals surface area (Å²) in [6.07, 6.45) is 4.20. The van der Waals surface area contributed by atoms with Gasteiger partial charge in [-0.05, 0) is 37.9 Å². The van der Waals surface area contributed by atoms with Crippen LogP contribution in [0.1, 0.15) is 56.8 Å². The van der Waals surface area contributed by atoms with Crippen molar-refractivity contribution in [3.63, 3.8) is 0 Å². The minimum absolute atomic E-state index is 0.462. The van der Waals surface area contributed by atoms with Gasteiger partial charge in [-0.3, -0.25) is 9.88 Å². The number of aliphatic hydroxyl groups is 1. The first kappa shape index (κ1) is 14.5. The molecule has 1 aromatic heterocycles. The second-order valence-corrected chi connectivity index (χ2v) is 6.31. The fraction of sp³-hybridized carbons (Fsp3) is 0.688. The first-order chi connectivity index (χ1) is 8.98. The van der Waals surface area contributed by atoms with Crippen molar-refractivity contribution in [1.29, 1.82) is 0 Å². The smallest absolute Gasteiger partial charge is 0.0774 e. The van der Waals surface area contributed by atoms with E-state index in [9.17, 15) is 5.11 Å². The van der Waals surface area contributed by atoms with Crippen LogP contribution in [0.5, 0.6) is 0 Å². The van der Waals surface area contributed by atoms with Gasteiger partial charge in [-0.1, -0.05) is 32.8 Å². The zero-order valence-electron chi connectivity index (χ0n) is 12.4. The highest BCUT2D eigenvalue weighted by Gasteiger charge is 2.32. The Morgan fingerprint density at radius 1 is 1.32 bits per heavy atom. The monoisotopic (exact) mass is 262 g/mol. The van der Waals surface area contributed by atoms with E-state index in [4.69, 9.17) is 0 Å². The molecule has 1 saturated carbocycles. The molecule has 0 atom stereocenters. The highest BCUT2D eigenvalue weighted by Crippen LogP contribution is 2.30. The maximum absolute atomic E-state index is 10.4. The van der Waals surface area contributed by atoms with E-state index in [1.165, 1.54) is 0 Å². The van der Waals surface area contributed by atoms with Crippen molar-refractivity contribution in [1.82, 2.24) is 9.88 Å². The summed E-state index contributed by atoms with van der Waals surface area (Å²) in [5.74, 6) is 0.462. The van der Waals surface area contributed by atoms with Gasteiger partial charge >= 0.3 is 0 Å². The number of pyridine rings is 1. The second kappa shape index (κ2) is 6.02. The van der Waals surface area contributed by atoms with Crippen molar-refractivity contribution in [2.45, 2.75) is 57.6 Å². The predicted molar refractivity (Wildman–Crippen MR) is 78.1 cm³/mol. The molecule has 19 heavy (non-hydrogen) atoms. The van der Waals surface area contributed by atoms with Crippen LogP contribution in [0.15, 0.2) is 18.2 Å². The number of rotatable bonds is 5. The molecule has 0 unspecified atom stereocenters. The minimum atomic E-state index is -0.468. The van der Waals surface area contributed by atoms with E-state index in [0.29, 0.717) is 5.92 Å². The van der Waals surface area contributed by atoms with Crippen LogP contribution in [0.2, 0.25) is 0 Å². The summed E-state index contributed by atoms with van der Waals surface area (Å²) in [4.78, 5) is 6.88. The molecule has 1 heterocycles. The molecular formula is C16H26N2O. The Morgan fingerprint density at radius 3 is 2.63 bits per heavy atom. The van der Waals surface area contributed by atoms with Crippen LogP contribution in [0.25, 0.3) is 0 Å². The molecule has 2 rings (SSSR count). The Morgan fingerprint density at radius 2 is 2.00 bits per heavy atom. The Labute approximate surface area is 116 Å². The van der Waals surface area contributed by atoms with Gasteiger partial charge in [0.05, 0.1) is 11.3 Å². The van der Waals surface area contributed by atoms with Crippen molar-refractivity contribution >= 4 is 0 Å². The van der Waals surface area contributed by atoms with E-state index in [-0.39, 0.29) is 0 Å². The molecule has 1 aliphatic carbocycles. The van der Waals surface area contributed by atoms with Crippen LogP contribution in [-0.4, -0.2) is 34.2 Å². The number of hydrogen-bond acceptors (Lipinski definition) is 3.